The highest BCUT2D eigenvalue weighted by atomic mass is 32.1. The minimum absolute atomic E-state index is 0.847. The van der Waals surface area contributed by atoms with Crippen LogP contribution >= 0.6 is 11.3 Å². The van der Waals surface area contributed by atoms with Gasteiger partial charge in [-0.2, -0.15) is 0 Å². The van der Waals surface area contributed by atoms with Crippen molar-refractivity contribution in [1.29, 1.82) is 0 Å². The first-order valence-corrected chi connectivity index (χ1v) is 7.48. The van der Waals surface area contributed by atoms with Crippen molar-refractivity contribution in [2.45, 2.75) is 6.92 Å². The summed E-state index contributed by atoms with van der Waals surface area (Å²) in [6.45, 7) is 2.02. The molecule has 0 amide bonds. The lowest BCUT2D eigenvalue weighted by atomic mass is 10.3. The molecule has 0 aliphatic heterocycles. The van der Waals surface area contributed by atoms with Gasteiger partial charge in [-0.25, -0.2) is 9.67 Å². The van der Waals surface area contributed by atoms with E-state index in [0.29, 0.717) is 0 Å². The Hall–Kier alpha value is -2.53. The normalized spacial score (nSPS) is 11.1. The van der Waals surface area contributed by atoms with Crippen LogP contribution in [-0.2, 0) is 0 Å². The summed E-state index contributed by atoms with van der Waals surface area (Å²) < 4.78 is 3.02. The number of rotatable bonds is 2. The van der Waals surface area contributed by atoms with Crippen LogP contribution in [0.2, 0.25) is 0 Å². The molecule has 2 heterocycles. The van der Waals surface area contributed by atoms with Gasteiger partial charge in [0.05, 0.1) is 21.6 Å². The van der Waals surface area contributed by atoms with E-state index in [2.05, 4.69) is 21.4 Å². The van der Waals surface area contributed by atoms with E-state index in [1.54, 1.807) is 11.3 Å². The lowest BCUT2D eigenvalue weighted by Gasteiger charge is -2.01. The molecule has 4 rings (SSSR count). The summed E-state index contributed by atoms with van der Waals surface area (Å²) in [6, 6.07) is 18.1. The van der Waals surface area contributed by atoms with E-state index in [0.717, 1.165) is 27.6 Å². The highest BCUT2D eigenvalue weighted by molar-refractivity contribution is 7.21. The maximum Gasteiger partial charge on any atom is 0.146 e. The molecule has 2 aromatic carbocycles. The molecule has 0 N–H and O–H groups in total. The van der Waals surface area contributed by atoms with E-state index < -0.39 is 0 Å². The van der Waals surface area contributed by atoms with Crippen molar-refractivity contribution < 1.29 is 0 Å². The summed E-state index contributed by atoms with van der Waals surface area (Å²) in [7, 11) is 0. The number of hydrogen-bond acceptors (Lipinski definition) is 4. The van der Waals surface area contributed by atoms with Crippen molar-refractivity contribution in [1.82, 2.24) is 20.0 Å². The summed E-state index contributed by atoms with van der Waals surface area (Å²) in [4.78, 5) is 4.65. The van der Waals surface area contributed by atoms with Crippen LogP contribution in [0.5, 0.6) is 0 Å². The Morgan fingerprint density at radius 1 is 0.952 bits per heavy atom. The van der Waals surface area contributed by atoms with Gasteiger partial charge in [-0.15, -0.1) is 16.4 Å². The first-order chi connectivity index (χ1) is 10.3. The molecule has 0 spiro atoms. The Balaban J connectivity index is 1.85. The third-order valence-electron chi connectivity index (χ3n) is 3.39. The fourth-order valence-corrected chi connectivity index (χ4v) is 3.32. The lowest BCUT2D eigenvalue weighted by Crippen LogP contribution is -1.98. The van der Waals surface area contributed by atoms with Crippen molar-refractivity contribution >= 4 is 21.6 Å². The summed E-state index contributed by atoms with van der Waals surface area (Å²) in [5.41, 5.74) is 3.86. The average Bonchev–Trinajstić information content (AvgIpc) is 3.11. The molecule has 0 aliphatic carbocycles. The average molecular weight is 292 g/mol. The molecule has 21 heavy (non-hydrogen) atoms. The maximum absolute atomic E-state index is 4.65. The Morgan fingerprint density at radius 2 is 1.71 bits per heavy atom. The zero-order valence-corrected chi connectivity index (χ0v) is 12.2. The standard InChI is InChI=1S/C16H12N4S/c1-11-15(16-17-13-9-5-6-10-14(13)21-16)18-19-20(11)12-7-3-2-4-8-12/h2-10H,1H3. The quantitative estimate of drug-likeness (QED) is 0.563. The molecule has 0 saturated heterocycles. The fourth-order valence-electron chi connectivity index (χ4n) is 2.31. The molecule has 0 bridgehead atoms. The van der Waals surface area contributed by atoms with Crippen LogP contribution in [0.4, 0.5) is 0 Å². The van der Waals surface area contributed by atoms with Crippen LogP contribution in [0, 0.1) is 6.92 Å². The predicted octanol–water partition coefficient (Wildman–Crippen LogP) is 3.85. The molecule has 0 radical (unpaired) electrons. The first kappa shape index (κ1) is 12.2. The minimum atomic E-state index is 0.847. The highest BCUT2D eigenvalue weighted by Gasteiger charge is 2.15. The zero-order valence-electron chi connectivity index (χ0n) is 11.4. The molecule has 0 saturated carbocycles. The lowest BCUT2D eigenvalue weighted by molar-refractivity contribution is 0.785. The largest absolute Gasteiger partial charge is 0.234 e. The van der Waals surface area contributed by atoms with Crippen molar-refractivity contribution in [2.24, 2.45) is 0 Å². The first-order valence-electron chi connectivity index (χ1n) is 6.66. The molecular weight excluding hydrogens is 280 g/mol. The Bertz CT molecular complexity index is 875. The molecule has 5 heteroatoms. The van der Waals surface area contributed by atoms with Gasteiger partial charge in [-0.1, -0.05) is 35.5 Å². The molecule has 0 atom stereocenters. The third kappa shape index (κ3) is 2.02. The second kappa shape index (κ2) is 4.79. The van der Waals surface area contributed by atoms with E-state index in [4.69, 9.17) is 0 Å². The van der Waals surface area contributed by atoms with Gasteiger partial charge in [0.15, 0.2) is 0 Å². The molecule has 4 nitrogen and oxygen atoms in total. The van der Waals surface area contributed by atoms with Crippen LogP contribution in [0.1, 0.15) is 5.69 Å². The second-order valence-electron chi connectivity index (χ2n) is 4.76. The van der Waals surface area contributed by atoms with Crippen molar-refractivity contribution in [3.05, 3.63) is 60.3 Å². The Kier molecular flexibility index (Phi) is 2.79. The Morgan fingerprint density at radius 3 is 2.52 bits per heavy atom. The molecule has 0 unspecified atom stereocenters. The molecular formula is C16H12N4S. The van der Waals surface area contributed by atoms with Crippen LogP contribution in [0.3, 0.4) is 0 Å². The van der Waals surface area contributed by atoms with Crippen LogP contribution in [-0.4, -0.2) is 20.0 Å². The number of thiazole rings is 1. The fraction of sp³-hybridized carbons (Fsp3) is 0.0625. The predicted molar refractivity (Wildman–Crippen MR) is 84.7 cm³/mol. The van der Waals surface area contributed by atoms with Crippen LogP contribution in [0.15, 0.2) is 54.6 Å². The smallest absolute Gasteiger partial charge is 0.146 e. The van der Waals surface area contributed by atoms with E-state index in [9.17, 15) is 0 Å². The zero-order chi connectivity index (χ0) is 14.2. The number of nitrogens with zero attached hydrogens (tertiary/aromatic N) is 4. The molecule has 4 aromatic rings. The van der Waals surface area contributed by atoms with Gasteiger partial charge in [-0.3, -0.25) is 0 Å². The number of para-hydroxylation sites is 2. The molecule has 0 aliphatic rings. The number of benzene rings is 2. The SMILES string of the molecule is Cc1c(-c2nc3ccccc3s2)nnn1-c1ccccc1. The monoisotopic (exact) mass is 292 g/mol. The highest BCUT2D eigenvalue weighted by Crippen LogP contribution is 2.30. The molecule has 0 fully saturated rings. The van der Waals surface area contributed by atoms with E-state index in [1.807, 2.05) is 60.1 Å². The van der Waals surface area contributed by atoms with Gasteiger partial charge in [0.1, 0.15) is 10.7 Å². The van der Waals surface area contributed by atoms with Gasteiger partial charge < -0.3 is 0 Å². The maximum atomic E-state index is 4.65. The van der Waals surface area contributed by atoms with Gasteiger partial charge in [-0.05, 0) is 31.2 Å². The van der Waals surface area contributed by atoms with Gasteiger partial charge in [0.2, 0.25) is 0 Å². The van der Waals surface area contributed by atoms with Crippen LogP contribution in [0.25, 0.3) is 26.6 Å². The topological polar surface area (TPSA) is 43.6 Å². The van der Waals surface area contributed by atoms with Crippen LogP contribution < -0.4 is 0 Å². The number of hydrogen-bond donors (Lipinski definition) is 0. The van der Waals surface area contributed by atoms with Gasteiger partial charge in [0, 0.05) is 0 Å². The van der Waals surface area contributed by atoms with Crippen molar-refractivity contribution in [3.63, 3.8) is 0 Å². The minimum Gasteiger partial charge on any atom is -0.234 e. The second-order valence-corrected chi connectivity index (χ2v) is 5.79. The van der Waals surface area contributed by atoms with Crippen molar-refractivity contribution in [3.8, 4) is 16.4 Å². The van der Waals surface area contributed by atoms with E-state index in [-0.39, 0.29) is 0 Å². The third-order valence-corrected chi connectivity index (χ3v) is 4.43. The Labute approximate surface area is 125 Å². The van der Waals surface area contributed by atoms with E-state index >= 15 is 0 Å². The molecule has 2 aromatic heterocycles. The van der Waals surface area contributed by atoms with E-state index in [1.165, 1.54) is 4.70 Å². The summed E-state index contributed by atoms with van der Waals surface area (Å²) in [6.07, 6.45) is 0. The van der Waals surface area contributed by atoms with Gasteiger partial charge in [0.25, 0.3) is 0 Å². The number of fused-ring (bicyclic) bond motifs is 1. The summed E-state index contributed by atoms with van der Waals surface area (Å²) in [5.74, 6) is 0. The molecule has 102 valence electrons. The van der Waals surface area contributed by atoms with Gasteiger partial charge >= 0.3 is 0 Å². The number of aromatic nitrogens is 4. The van der Waals surface area contributed by atoms with Crippen molar-refractivity contribution in [2.75, 3.05) is 0 Å². The summed E-state index contributed by atoms with van der Waals surface area (Å²) >= 11 is 1.65. The summed E-state index contributed by atoms with van der Waals surface area (Å²) in [5, 5.41) is 9.50.